The third kappa shape index (κ3) is 4.05. The average Bonchev–Trinajstić information content (AvgIpc) is 3.13. The third-order valence-electron chi connectivity index (χ3n) is 4.81. The van der Waals surface area contributed by atoms with Crippen molar-refractivity contribution in [2.24, 2.45) is 0 Å². The quantitative estimate of drug-likeness (QED) is 0.820. The molecule has 0 spiro atoms. The molecule has 7 nitrogen and oxygen atoms in total. The fraction of sp³-hybridized carbons (Fsp3) is 0.350. The van der Waals surface area contributed by atoms with Gasteiger partial charge in [0.1, 0.15) is 17.1 Å². The van der Waals surface area contributed by atoms with Gasteiger partial charge in [0, 0.05) is 31.6 Å². The fourth-order valence-corrected chi connectivity index (χ4v) is 3.27. The largest absolute Gasteiger partial charge is 0.478 e. The molecule has 2 amide bonds. The van der Waals surface area contributed by atoms with Crippen LogP contribution in [0.5, 0.6) is 0 Å². The maximum atomic E-state index is 13.8. The second-order valence-corrected chi connectivity index (χ2v) is 6.63. The summed E-state index contributed by atoms with van der Waals surface area (Å²) in [5.41, 5.74) is 0.0202. The van der Waals surface area contributed by atoms with Gasteiger partial charge in [0.05, 0.1) is 5.56 Å². The van der Waals surface area contributed by atoms with Gasteiger partial charge in [0.2, 0.25) is 0 Å². The number of carbonyl (C=O) groups excluding carboxylic acids is 2. The molecule has 0 atom stereocenters. The van der Waals surface area contributed by atoms with E-state index in [1.807, 2.05) is 0 Å². The molecular weight excluding hydrogens is 367 g/mol. The number of nitrogens with zero attached hydrogens (tertiary/aromatic N) is 1. The molecule has 2 heterocycles. The first-order chi connectivity index (χ1) is 13.4. The van der Waals surface area contributed by atoms with Crippen LogP contribution < -0.4 is 5.32 Å². The first-order valence-corrected chi connectivity index (χ1v) is 9.11. The number of carboxylic acid groups (broad SMARTS) is 1. The summed E-state index contributed by atoms with van der Waals surface area (Å²) in [4.78, 5) is 37.6. The van der Waals surface area contributed by atoms with Crippen molar-refractivity contribution in [2.75, 3.05) is 13.1 Å². The number of hydrogen-bond donors (Lipinski definition) is 2. The molecule has 148 valence electrons. The zero-order chi connectivity index (χ0) is 20.3. The van der Waals surface area contributed by atoms with Crippen LogP contribution in [0.4, 0.5) is 4.39 Å². The second-order valence-electron chi connectivity index (χ2n) is 6.63. The number of halogens is 1. The monoisotopic (exact) mass is 388 g/mol. The van der Waals surface area contributed by atoms with Gasteiger partial charge in [0.25, 0.3) is 11.8 Å². The van der Waals surface area contributed by atoms with E-state index in [1.165, 1.54) is 24.3 Å². The highest BCUT2D eigenvalue weighted by molar-refractivity contribution is 5.96. The molecule has 2 aromatic rings. The van der Waals surface area contributed by atoms with Gasteiger partial charge < -0.3 is 19.7 Å². The number of likely N-dealkylation sites (tertiary alicyclic amines) is 1. The van der Waals surface area contributed by atoms with Crippen LogP contribution in [0.15, 0.2) is 34.7 Å². The number of benzene rings is 1. The van der Waals surface area contributed by atoms with Crippen LogP contribution in [0.25, 0.3) is 0 Å². The minimum atomic E-state index is -1.14. The predicted molar refractivity (Wildman–Crippen MR) is 97.8 cm³/mol. The van der Waals surface area contributed by atoms with Gasteiger partial charge in [0.15, 0.2) is 5.76 Å². The summed E-state index contributed by atoms with van der Waals surface area (Å²) in [5, 5.41) is 12.0. The van der Waals surface area contributed by atoms with Crippen LogP contribution in [-0.2, 0) is 6.42 Å². The number of furan rings is 1. The maximum Gasteiger partial charge on any atom is 0.339 e. The molecule has 2 N–H and O–H groups in total. The van der Waals surface area contributed by atoms with E-state index in [1.54, 1.807) is 17.9 Å². The highest BCUT2D eigenvalue weighted by atomic mass is 19.1. The molecule has 8 heteroatoms. The number of carboxylic acids is 1. The van der Waals surface area contributed by atoms with Crippen LogP contribution in [0.1, 0.15) is 56.8 Å². The molecule has 1 aliphatic heterocycles. The van der Waals surface area contributed by atoms with E-state index in [4.69, 9.17) is 9.52 Å². The Bertz CT molecular complexity index is 900. The first-order valence-electron chi connectivity index (χ1n) is 9.11. The second kappa shape index (κ2) is 8.24. The molecule has 1 aromatic carbocycles. The smallest absolute Gasteiger partial charge is 0.339 e. The highest BCUT2D eigenvalue weighted by Gasteiger charge is 2.27. The number of nitrogens with one attached hydrogen (secondary N) is 1. The van der Waals surface area contributed by atoms with Crippen molar-refractivity contribution in [3.05, 3.63) is 58.8 Å². The van der Waals surface area contributed by atoms with Crippen molar-refractivity contribution < 1.29 is 28.3 Å². The van der Waals surface area contributed by atoms with Crippen LogP contribution in [-0.4, -0.2) is 46.9 Å². The molecule has 1 aromatic heterocycles. The summed E-state index contributed by atoms with van der Waals surface area (Å²) in [6.45, 7) is 2.52. The van der Waals surface area contributed by atoms with Crippen LogP contribution in [0.2, 0.25) is 0 Å². The standard InChI is InChI=1S/C20H21FN2O5/c1-2-16-14(20(26)27)11-17(28-16)18(24)22-12-7-9-23(10-8-12)19(25)13-5-3-4-6-15(13)21/h3-6,11-12H,2,7-10H2,1H3,(H,22,24)(H,26,27). The zero-order valence-corrected chi connectivity index (χ0v) is 15.4. The van der Waals surface area contributed by atoms with Crippen LogP contribution in [0, 0.1) is 5.82 Å². The van der Waals surface area contributed by atoms with E-state index >= 15 is 0 Å². The molecule has 1 fully saturated rings. The molecule has 1 aliphatic rings. The Kier molecular flexibility index (Phi) is 5.77. The number of amides is 2. The average molecular weight is 388 g/mol. The van der Waals surface area contributed by atoms with Crippen LogP contribution >= 0.6 is 0 Å². The van der Waals surface area contributed by atoms with Gasteiger partial charge in [-0.25, -0.2) is 9.18 Å². The zero-order valence-electron chi connectivity index (χ0n) is 15.4. The third-order valence-corrected chi connectivity index (χ3v) is 4.81. The Hall–Kier alpha value is -3.16. The van der Waals surface area contributed by atoms with Crippen molar-refractivity contribution in [3.63, 3.8) is 0 Å². The lowest BCUT2D eigenvalue weighted by Crippen LogP contribution is -2.46. The lowest BCUT2D eigenvalue weighted by atomic mass is 10.0. The van der Waals surface area contributed by atoms with Crippen LogP contribution in [0.3, 0.4) is 0 Å². The van der Waals surface area contributed by atoms with Gasteiger partial charge >= 0.3 is 5.97 Å². The SMILES string of the molecule is CCc1oc(C(=O)NC2CCN(C(=O)c3ccccc3F)CC2)cc1C(=O)O. The van der Waals surface area contributed by atoms with Crippen molar-refractivity contribution in [1.82, 2.24) is 10.2 Å². The molecule has 0 bridgehead atoms. The van der Waals surface area contributed by atoms with Gasteiger partial charge in [-0.1, -0.05) is 19.1 Å². The van der Waals surface area contributed by atoms with E-state index in [0.29, 0.717) is 32.4 Å². The minimum absolute atomic E-state index is 0.0158. The number of rotatable bonds is 5. The summed E-state index contributed by atoms with van der Waals surface area (Å²) in [5.74, 6) is -2.34. The Balaban J connectivity index is 1.58. The first kappa shape index (κ1) is 19.6. The summed E-state index contributed by atoms with van der Waals surface area (Å²) in [7, 11) is 0. The highest BCUT2D eigenvalue weighted by Crippen LogP contribution is 2.19. The molecule has 0 aliphatic carbocycles. The number of aryl methyl sites for hydroxylation is 1. The van der Waals surface area contributed by atoms with Crippen molar-refractivity contribution in [3.8, 4) is 0 Å². The normalized spacial score (nSPS) is 14.7. The molecule has 0 unspecified atom stereocenters. The maximum absolute atomic E-state index is 13.8. The van der Waals surface area contributed by atoms with E-state index in [-0.39, 0.29) is 34.6 Å². The summed E-state index contributed by atoms with van der Waals surface area (Å²) in [6.07, 6.45) is 1.39. The molecule has 28 heavy (non-hydrogen) atoms. The summed E-state index contributed by atoms with van der Waals surface area (Å²) in [6, 6.07) is 6.89. The molecular formula is C20H21FN2O5. The van der Waals surface area contributed by atoms with E-state index < -0.39 is 17.7 Å². The number of aromatic carboxylic acids is 1. The lowest BCUT2D eigenvalue weighted by Gasteiger charge is -2.32. The van der Waals surface area contributed by atoms with Gasteiger partial charge in [-0.15, -0.1) is 0 Å². The van der Waals surface area contributed by atoms with Crippen molar-refractivity contribution in [1.29, 1.82) is 0 Å². The molecule has 1 saturated heterocycles. The Morgan fingerprint density at radius 1 is 1.21 bits per heavy atom. The Labute approximate surface area is 161 Å². The minimum Gasteiger partial charge on any atom is -0.478 e. The van der Waals surface area contributed by atoms with Gasteiger partial charge in [-0.05, 0) is 25.0 Å². The predicted octanol–water partition coefficient (Wildman–Crippen LogP) is 2.71. The topological polar surface area (TPSA) is 99.9 Å². The van der Waals surface area contributed by atoms with E-state index in [2.05, 4.69) is 5.32 Å². The van der Waals surface area contributed by atoms with Gasteiger partial charge in [-0.3, -0.25) is 9.59 Å². The molecule has 3 rings (SSSR count). The number of piperidine rings is 1. The van der Waals surface area contributed by atoms with E-state index in [9.17, 15) is 18.8 Å². The molecule has 0 saturated carbocycles. The van der Waals surface area contributed by atoms with Crippen molar-refractivity contribution in [2.45, 2.75) is 32.2 Å². The van der Waals surface area contributed by atoms with E-state index in [0.717, 1.165) is 0 Å². The number of carbonyl (C=O) groups is 3. The molecule has 0 radical (unpaired) electrons. The lowest BCUT2D eigenvalue weighted by molar-refractivity contribution is 0.0680. The summed E-state index contributed by atoms with van der Waals surface area (Å²) >= 11 is 0. The fourth-order valence-electron chi connectivity index (χ4n) is 3.27. The number of hydrogen-bond acceptors (Lipinski definition) is 4. The summed E-state index contributed by atoms with van der Waals surface area (Å²) < 4.78 is 19.2. The van der Waals surface area contributed by atoms with Crippen molar-refractivity contribution >= 4 is 17.8 Å². The van der Waals surface area contributed by atoms with Gasteiger partial charge in [-0.2, -0.15) is 0 Å². The Morgan fingerprint density at radius 2 is 1.89 bits per heavy atom. The Morgan fingerprint density at radius 3 is 2.46 bits per heavy atom.